The van der Waals surface area contributed by atoms with E-state index in [1.807, 2.05) is 0 Å². The lowest BCUT2D eigenvalue weighted by Gasteiger charge is -2.26. The van der Waals surface area contributed by atoms with Gasteiger partial charge in [-0.15, -0.1) is 0 Å². The first-order chi connectivity index (χ1) is 9.92. The molecule has 0 amide bonds. The topological polar surface area (TPSA) is 15.7 Å². The highest BCUT2D eigenvalue weighted by Gasteiger charge is 2.12. The van der Waals surface area contributed by atoms with Crippen LogP contribution in [0.25, 0.3) is 0 Å². The second-order valence-corrected chi connectivity index (χ2v) is 5.94. The molecule has 3 rings (SSSR count). The molecule has 0 aliphatic carbocycles. The highest BCUT2D eigenvalue weighted by atomic mass is 16.5. The normalized spacial score (nSPS) is 20.3. The smallest absolute Gasteiger partial charge is 0.119 e. The summed E-state index contributed by atoms with van der Waals surface area (Å²) in [5, 5.41) is 0. The van der Waals surface area contributed by atoms with E-state index in [0.717, 1.165) is 18.9 Å². The molecular formula is C17H26N2O. The zero-order chi connectivity index (χ0) is 13.6. The van der Waals surface area contributed by atoms with Gasteiger partial charge in [-0.25, -0.2) is 0 Å². The van der Waals surface area contributed by atoms with Gasteiger partial charge in [0, 0.05) is 25.3 Å². The van der Waals surface area contributed by atoms with Crippen molar-refractivity contribution in [2.24, 2.45) is 0 Å². The van der Waals surface area contributed by atoms with E-state index in [4.69, 9.17) is 4.74 Å². The standard InChI is InChI=1S/C17H26N2O/c1-2-10-18(11-3-1)14-15-20-17-8-6-16(7-9-17)19-12-4-5-13-19/h6-9H,1-5,10-15H2. The molecule has 0 N–H and O–H groups in total. The lowest BCUT2D eigenvalue weighted by Crippen LogP contribution is -2.33. The van der Waals surface area contributed by atoms with Gasteiger partial charge in [0.15, 0.2) is 0 Å². The fourth-order valence-electron chi connectivity index (χ4n) is 3.20. The fourth-order valence-corrected chi connectivity index (χ4v) is 3.20. The molecule has 2 aliphatic heterocycles. The molecule has 3 heteroatoms. The molecule has 2 fully saturated rings. The first kappa shape index (κ1) is 13.7. The average Bonchev–Trinajstić information content (AvgIpc) is 3.03. The Morgan fingerprint density at radius 3 is 2.15 bits per heavy atom. The first-order valence-electron chi connectivity index (χ1n) is 8.12. The third kappa shape index (κ3) is 3.66. The number of anilines is 1. The van der Waals surface area contributed by atoms with Crippen LogP contribution in [0.1, 0.15) is 32.1 Å². The van der Waals surface area contributed by atoms with Crippen molar-refractivity contribution in [2.45, 2.75) is 32.1 Å². The number of hydrogen-bond acceptors (Lipinski definition) is 3. The minimum absolute atomic E-state index is 0.809. The summed E-state index contributed by atoms with van der Waals surface area (Å²) in [6.45, 7) is 6.77. The summed E-state index contributed by atoms with van der Waals surface area (Å²) in [6.07, 6.45) is 6.76. The fraction of sp³-hybridized carbons (Fsp3) is 0.647. The summed E-state index contributed by atoms with van der Waals surface area (Å²) in [5.41, 5.74) is 1.34. The summed E-state index contributed by atoms with van der Waals surface area (Å²) in [5.74, 6) is 1.00. The second-order valence-electron chi connectivity index (χ2n) is 5.94. The van der Waals surface area contributed by atoms with Crippen LogP contribution in [0.3, 0.4) is 0 Å². The highest BCUT2D eigenvalue weighted by Crippen LogP contribution is 2.23. The van der Waals surface area contributed by atoms with Gasteiger partial charge in [-0.2, -0.15) is 0 Å². The number of benzene rings is 1. The van der Waals surface area contributed by atoms with Crippen molar-refractivity contribution in [2.75, 3.05) is 44.2 Å². The Labute approximate surface area is 122 Å². The van der Waals surface area contributed by atoms with Crippen LogP contribution in [0.2, 0.25) is 0 Å². The van der Waals surface area contributed by atoms with Crippen molar-refractivity contribution >= 4 is 5.69 Å². The summed E-state index contributed by atoms with van der Waals surface area (Å²) in [6, 6.07) is 8.62. The number of rotatable bonds is 5. The van der Waals surface area contributed by atoms with Gasteiger partial charge < -0.3 is 9.64 Å². The van der Waals surface area contributed by atoms with Crippen LogP contribution in [-0.2, 0) is 0 Å². The minimum atomic E-state index is 0.809. The Balaban J connectivity index is 1.43. The molecule has 0 aromatic heterocycles. The Morgan fingerprint density at radius 1 is 0.800 bits per heavy atom. The molecule has 0 unspecified atom stereocenters. The van der Waals surface area contributed by atoms with Crippen molar-refractivity contribution in [3.63, 3.8) is 0 Å². The molecule has 3 nitrogen and oxygen atoms in total. The first-order valence-corrected chi connectivity index (χ1v) is 8.12. The van der Waals surface area contributed by atoms with E-state index in [1.165, 1.54) is 64.0 Å². The molecule has 2 aliphatic rings. The monoisotopic (exact) mass is 274 g/mol. The van der Waals surface area contributed by atoms with Crippen molar-refractivity contribution in [1.82, 2.24) is 4.90 Å². The second kappa shape index (κ2) is 6.98. The largest absolute Gasteiger partial charge is 0.492 e. The Kier molecular flexibility index (Phi) is 4.80. The highest BCUT2D eigenvalue weighted by molar-refractivity contribution is 5.49. The molecule has 2 saturated heterocycles. The molecule has 0 atom stereocenters. The van der Waals surface area contributed by atoms with E-state index in [1.54, 1.807) is 0 Å². The molecule has 0 spiro atoms. The predicted octanol–water partition coefficient (Wildman–Crippen LogP) is 3.15. The predicted molar refractivity (Wildman–Crippen MR) is 83.7 cm³/mol. The number of hydrogen-bond donors (Lipinski definition) is 0. The van der Waals surface area contributed by atoms with Gasteiger partial charge in [0.25, 0.3) is 0 Å². The lowest BCUT2D eigenvalue weighted by atomic mass is 10.1. The van der Waals surface area contributed by atoms with E-state index in [-0.39, 0.29) is 0 Å². The summed E-state index contributed by atoms with van der Waals surface area (Å²) >= 11 is 0. The molecule has 0 radical (unpaired) electrons. The van der Waals surface area contributed by atoms with Crippen LogP contribution in [0.5, 0.6) is 5.75 Å². The molecule has 1 aromatic carbocycles. The third-order valence-corrected chi connectivity index (χ3v) is 4.43. The van der Waals surface area contributed by atoms with E-state index < -0.39 is 0 Å². The van der Waals surface area contributed by atoms with Gasteiger partial charge in [0.05, 0.1) is 0 Å². The zero-order valence-corrected chi connectivity index (χ0v) is 12.4. The zero-order valence-electron chi connectivity index (χ0n) is 12.4. The van der Waals surface area contributed by atoms with Crippen LogP contribution >= 0.6 is 0 Å². The molecule has 0 saturated carbocycles. The van der Waals surface area contributed by atoms with Gasteiger partial charge in [-0.3, -0.25) is 4.90 Å². The maximum absolute atomic E-state index is 5.87. The van der Waals surface area contributed by atoms with E-state index in [2.05, 4.69) is 34.1 Å². The molecule has 110 valence electrons. The van der Waals surface area contributed by atoms with E-state index in [9.17, 15) is 0 Å². The number of ether oxygens (including phenoxy) is 1. The minimum Gasteiger partial charge on any atom is -0.492 e. The SMILES string of the molecule is c1cc(N2CCCC2)ccc1OCCN1CCCCC1. The van der Waals surface area contributed by atoms with Gasteiger partial charge in [0.2, 0.25) is 0 Å². The van der Waals surface area contributed by atoms with Gasteiger partial charge in [-0.1, -0.05) is 6.42 Å². The average molecular weight is 274 g/mol. The summed E-state index contributed by atoms with van der Waals surface area (Å²) < 4.78 is 5.87. The number of likely N-dealkylation sites (tertiary alicyclic amines) is 1. The Hall–Kier alpha value is -1.22. The van der Waals surface area contributed by atoms with Crippen molar-refractivity contribution in [3.05, 3.63) is 24.3 Å². The van der Waals surface area contributed by atoms with E-state index >= 15 is 0 Å². The van der Waals surface area contributed by atoms with Crippen molar-refractivity contribution in [1.29, 1.82) is 0 Å². The molecular weight excluding hydrogens is 248 g/mol. The molecule has 1 aromatic rings. The van der Waals surface area contributed by atoms with Crippen LogP contribution < -0.4 is 9.64 Å². The Bertz CT molecular complexity index is 392. The van der Waals surface area contributed by atoms with Gasteiger partial charge >= 0.3 is 0 Å². The van der Waals surface area contributed by atoms with Crippen LogP contribution in [-0.4, -0.2) is 44.2 Å². The van der Waals surface area contributed by atoms with Gasteiger partial charge in [-0.05, 0) is 63.0 Å². The maximum Gasteiger partial charge on any atom is 0.119 e. The van der Waals surface area contributed by atoms with Crippen LogP contribution in [0.15, 0.2) is 24.3 Å². The van der Waals surface area contributed by atoms with Gasteiger partial charge in [0.1, 0.15) is 12.4 Å². The van der Waals surface area contributed by atoms with E-state index in [0.29, 0.717) is 0 Å². The van der Waals surface area contributed by atoms with Crippen LogP contribution in [0, 0.1) is 0 Å². The maximum atomic E-state index is 5.87. The van der Waals surface area contributed by atoms with Crippen molar-refractivity contribution < 1.29 is 4.74 Å². The number of piperidine rings is 1. The summed E-state index contributed by atoms with van der Waals surface area (Å²) in [7, 11) is 0. The Morgan fingerprint density at radius 2 is 1.45 bits per heavy atom. The molecule has 20 heavy (non-hydrogen) atoms. The summed E-state index contributed by atoms with van der Waals surface area (Å²) in [4.78, 5) is 4.97. The lowest BCUT2D eigenvalue weighted by molar-refractivity contribution is 0.183. The quantitative estimate of drug-likeness (QED) is 0.820. The number of nitrogens with zero attached hydrogens (tertiary/aromatic N) is 2. The van der Waals surface area contributed by atoms with Crippen LogP contribution in [0.4, 0.5) is 5.69 Å². The molecule has 2 heterocycles. The third-order valence-electron chi connectivity index (χ3n) is 4.43. The van der Waals surface area contributed by atoms with Crippen molar-refractivity contribution in [3.8, 4) is 5.75 Å². The molecule has 0 bridgehead atoms.